The highest BCUT2D eigenvalue weighted by Gasteiger charge is 2.26. The number of amides is 1. The predicted octanol–water partition coefficient (Wildman–Crippen LogP) is 3.87. The summed E-state index contributed by atoms with van der Waals surface area (Å²) >= 11 is 0. The summed E-state index contributed by atoms with van der Waals surface area (Å²) in [4.78, 5) is 12.9. The summed E-state index contributed by atoms with van der Waals surface area (Å²) in [6, 6.07) is 10.9. The zero-order valence-corrected chi connectivity index (χ0v) is 18.8. The first-order valence-electron chi connectivity index (χ1n) is 11.2. The molecule has 9 nitrogen and oxygen atoms in total. The summed E-state index contributed by atoms with van der Waals surface area (Å²) in [5.74, 6) is 0.635. The summed E-state index contributed by atoms with van der Waals surface area (Å²) < 4.78 is 13.5. The second-order valence-electron chi connectivity index (χ2n) is 8.21. The van der Waals surface area contributed by atoms with Crippen LogP contribution in [0.25, 0.3) is 10.9 Å². The van der Waals surface area contributed by atoms with Gasteiger partial charge in [-0.25, -0.2) is 0 Å². The molecule has 0 unspecified atom stereocenters. The third-order valence-electron chi connectivity index (χ3n) is 6.11. The Kier molecular flexibility index (Phi) is 6.63. The highest BCUT2D eigenvalue weighted by atomic mass is 16.5. The Morgan fingerprint density at radius 1 is 1.33 bits per heavy atom. The lowest BCUT2D eigenvalue weighted by atomic mass is 9.84. The molecule has 1 fully saturated rings. The van der Waals surface area contributed by atoms with Crippen molar-refractivity contribution in [2.75, 3.05) is 19.0 Å². The maximum atomic E-state index is 12.9. The van der Waals surface area contributed by atoms with Crippen LogP contribution in [-0.2, 0) is 0 Å². The monoisotopic (exact) mass is 450 g/mol. The molecule has 0 atom stereocenters. The third-order valence-corrected chi connectivity index (χ3v) is 6.11. The van der Waals surface area contributed by atoms with Gasteiger partial charge in [-0.05, 0) is 50.7 Å². The van der Waals surface area contributed by atoms with Gasteiger partial charge in [0.25, 0.3) is 0 Å². The molecule has 0 saturated heterocycles. The summed E-state index contributed by atoms with van der Waals surface area (Å²) in [5.41, 5.74) is 1.31. The van der Waals surface area contributed by atoms with Crippen LogP contribution in [0.15, 0.2) is 36.5 Å². The average molecular weight is 451 g/mol. The van der Waals surface area contributed by atoms with Gasteiger partial charge in [0.05, 0.1) is 47.8 Å². The largest absolute Gasteiger partial charge is 0.492 e. The Hall–Kier alpha value is -3.80. The third kappa shape index (κ3) is 4.70. The molecule has 2 N–H and O–H groups in total. The number of nitriles is 1. The molecule has 9 heteroatoms. The van der Waals surface area contributed by atoms with E-state index in [0.29, 0.717) is 41.2 Å². The van der Waals surface area contributed by atoms with E-state index in [-0.39, 0.29) is 11.6 Å². The van der Waals surface area contributed by atoms with E-state index in [2.05, 4.69) is 11.4 Å². The summed E-state index contributed by atoms with van der Waals surface area (Å²) in [6.07, 6.45) is 6.66. The number of benzene rings is 1. The van der Waals surface area contributed by atoms with Crippen molar-refractivity contribution in [3.63, 3.8) is 0 Å². The molecule has 1 aliphatic rings. The Bertz CT molecular complexity index is 1190. The number of anilines is 1. The number of nitrogens with zero attached hydrogens (tertiary/aromatic N) is 4. The van der Waals surface area contributed by atoms with Crippen LogP contribution in [0.5, 0.6) is 11.6 Å². The van der Waals surface area contributed by atoms with Gasteiger partial charge < -0.3 is 14.8 Å². The fourth-order valence-electron chi connectivity index (χ4n) is 4.37. The first kappa shape index (κ1) is 22.4. The second kappa shape index (κ2) is 9.77. The molecule has 4 rings (SSSR count). The van der Waals surface area contributed by atoms with E-state index < -0.39 is 5.91 Å². The Labute approximate surface area is 192 Å². The molecule has 0 bridgehead atoms. The van der Waals surface area contributed by atoms with Crippen molar-refractivity contribution in [1.82, 2.24) is 9.78 Å². The van der Waals surface area contributed by atoms with Crippen LogP contribution in [0.3, 0.4) is 0 Å². The highest BCUT2D eigenvalue weighted by molar-refractivity contribution is 6.04. The predicted molar refractivity (Wildman–Crippen MR) is 120 cm³/mol. The topological polar surface area (TPSA) is 113 Å². The number of pyridine rings is 1. The minimum atomic E-state index is -0.500. The van der Waals surface area contributed by atoms with Crippen LogP contribution >= 0.6 is 0 Å². The number of fused-ring (bicyclic) bond motifs is 1. The number of hydrogen-bond acceptors (Lipinski definition) is 6. The molecule has 1 amide bonds. The Morgan fingerprint density at radius 3 is 2.82 bits per heavy atom. The number of carbonyl (C=O) groups is 1. The average Bonchev–Trinajstić information content (AvgIpc) is 3.23. The SMILES string of the molecule is CCOc1cc2nn([C@H]3CC[C@H](CC#N)CC3)cc2cc1NC(=O)c1cccc(OC)[n+]1O. The Morgan fingerprint density at radius 2 is 2.12 bits per heavy atom. The van der Waals surface area contributed by atoms with Gasteiger partial charge in [0.1, 0.15) is 5.75 Å². The van der Waals surface area contributed by atoms with E-state index in [0.717, 1.165) is 36.6 Å². The van der Waals surface area contributed by atoms with Gasteiger partial charge in [-0.1, -0.05) is 0 Å². The molecular weight excluding hydrogens is 422 g/mol. The van der Waals surface area contributed by atoms with E-state index in [9.17, 15) is 10.0 Å². The number of aromatic nitrogens is 3. The minimum Gasteiger partial charge on any atom is -0.492 e. The number of hydrogen-bond donors (Lipinski definition) is 2. The van der Waals surface area contributed by atoms with Gasteiger partial charge in [-0.2, -0.15) is 10.4 Å². The van der Waals surface area contributed by atoms with Crippen molar-refractivity contribution in [3.8, 4) is 17.7 Å². The molecule has 2 heterocycles. The van der Waals surface area contributed by atoms with Crippen molar-refractivity contribution >= 4 is 22.5 Å². The van der Waals surface area contributed by atoms with Crippen LogP contribution in [0.4, 0.5) is 5.69 Å². The zero-order chi connectivity index (χ0) is 23.4. The fourth-order valence-corrected chi connectivity index (χ4v) is 4.37. The molecule has 3 aromatic rings. The smallest absolute Gasteiger partial charge is 0.417 e. The Balaban J connectivity index is 1.60. The number of rotatable bonds is 7. The van der Waals surface area contributed by atoms with Crippen LogP contribution in [0, 0.1) is 17.2 Å². The molecule has 1 aliphatic carbocycles. The molecule has 0 spiro atoms. The van der Waals surface area contributed by atoms with Crippen LogP contribution in [0.1, 0.15) is 55.6 Å². The zero-order valence-electron chi connectivity index (χ0n) is 18.8. The first-order valence-corrected chi connectivity index (χ1v) is 11.2. The van der Waals surface area contributed by atoms with Crippen molar-refractivity contribution in [2.24, 2.45) is 5.92 Å². The molecule has 2 aromatic heterocycles. The quantitative estimate of drug-likeness (QED) is 0.417. The lowest BCUT2D eigenvalue weighted by Gasteiger charge is -2.27. The standard InChI is InChI=1S/C24H27N5O4/c1-3-33-22-14-19-17(15-28(27-19)18-9-7-16(8-10-18)11-12-25)13-20(22)26-24(30)21-5-4-6-23(32-2)29(21)31/h4-6,13-16,18H,3,7-11H2,1-2H3,(H-,26,30,31)/p+1/t16-,18-. The first-order chi connectivity index (χ1) is 16.0. The van der Waals surface area contributed by atoms with Gasteiger partial charge in [0, 0.05) is 30.1 Å². The molecule has 33 heavy (non-hydrogen) atoms. The van der Waals surface area contributed by atoms with Gasteiger partial charge in [0.15, 0.2) is 0 Å². The summed E-state index contributed by atoms with van der Waals surface area (Å²) in [5, 5.41) is 27.7. The van der Waals surface area contributed by atoms with Crippen molar-refractivity contribution in [2.45, 2.75) is 45.1 Å². The molecule has 1 saturated carbocycles. The van der Waals surface area contributed by atoms with E-state index in [1.165, 1.54) is 13.2 Å². The molecule has 1 aromatic carbocycles. The molecule has 172 valence electrons. The molecule has 0 aliphatic heterocycles. The summed E-state index contributed by atoms with van der Waals surface area (Å²) in [6.45, 7) is 2.30. The number of methoxy groups -OCH3 is 1. The van der Waals surface area contributed by atoms with Crippen LogP contribution < -0.4 is 19.5 Å². The van der Waals surface area contributed by atoms with E-state index in [1.54, 1.807) is 12.1 Å². The molecular formula is C24H28N5O4+. The highest BCUT2D eigenvalue weighted by Crippen LogP contribution is 2.36. The van der Waals surface area contributed by atoms with E-state index in [4.69, 9.17) is 19.8 Å². The van der Waals surface area contributed by atoms with Gasteiger partial charge in [0.2, 0.25) is 0 Å². The fraction of sp³-hybridized carbons (Fsp3) is 0.417. The normalized spacial score (nSPS) is 18.0. The van der Waals surface area contributed by atoms with Crippen molar-refractivity contribution in [3.05, 3.63) is 42.2 Å². The van der Waals surface area contributed by atoms with Gasteiger partial charge in [-0.15, -0.1) is 0 Å². The van der Waals surface area contributed by atoms with Crippen molar-refractivity contribution in [1.29, 1.82) is 5.26 Å². The maximum absolute atomic E-state index is 12.9. The van der Waals surface area contributed by atoms with E-state index >= 15 is 0 Å². The molecule has 0 radical (unpaired) electrons. The number of ether oxygens (including phenoxy) is 2. The lowest BCUT2D eigenvalue weighted by Crippen LogP contribution is -2.40. The minimum absolute atomic E-state index is 0.0294. The number of carbonyl (C=O) groups excluding carboxylic acids is 1. The maximum Gasteiger partial charge on any atom is 0.417 e. The van der Waals surface area contributed by atoms with Crippen LogP contribution in [0.2, 0.25) is 0 Å². The van der Waals surface area contributed by atoms with Gasteiger partial charge in [-0.3, -0.25) is 14.7 Å². The van der Waals surface area contributed by atoms with Crippen molar-refractivity contribution < 1.29 is 24.2 Å². The van der Waals surface area contributed by atoms with E-state index in [1.807, 2.05) is 29.9 Å². The lowest BCUT2D eigenvalue weighted by molar-refractivity contribution is -0.907. The number of nitrogens with one attached hydrogen (secondary N) is 1. The van der Waals surface area contributed by atoms with Crippen LogP contribution in [-0.4, -0.2) is 34.6 Å². The second-order valence-corrected chi connectivity index (χ2v) is 8.21. The summed E-state index contributed by atoms with van der Waals surface area (Å²) in [7, 11) is 1.42. The van der Waals surface area contributed by atoms with Gasteiger partial charge >= 0.3 is 17.5 Å².